The van der Waals surface area contributed by atoms with Crippen molar-refractivity contribution < 1.29 is 33.3 Å². The van der Waals surface area contributed by atoms with Gasteiger partial charge in [0, 0.05) is 110 Å². The highest BCUT2D eigenvalue weighted by atomic mass is 16.6. The maximum absolute atomic E-state index is 12.7. The smallest absolute Gasteiger partial charge is 0.255 e. The number of anilines is 1. The predicted molar refractivity (Wildman–Crippen MR) is 454 cm³/mol. The lowest BCUT2D eigenvalue weighted by atomic mass is 10.0. The monoisotopic (exact) mass is 1590 g/mol. The Balaban J connectivity index is 0.000000109. The average Bonchev–Trinajstić information content (AvgIpc) is 1.66. The molecule has 1 aliphatic carbocycles. The zero-order valence-electron chi connectivity index (χ0n) is 66.2. The number of carbonyl (C=O) groups is 2. The topological polar surface area (TPSA) is 377 Å². The van der Waals surface area contributed by atoms with Crippen LogP contribution >= 0.6 is 0 Å². The maximum Gasteiger partial charge on any atom is 0.255 e. The van der Waals surface area contributed by atoms with Gasteiger partial charge in [-0.3, -0.25) is 50.4 Å². The van der Waals surface area contributed by atoms with Gasteiger partial charge < -0.3 is 33.9 Å². The van der Waals surface area contributed by atoms with Crippen LogP contribution in [-0.2, 0) is 24.1 Å². The van der Waals surface area contributed by atoms with E-state index in [1.807, 2.05) is 170 Å². The molecule has 0 atom stereocenters. The summed E-state index contributed by atoms with van der Waals surface area (Å²) in [6, 6.07) is 59.2. The number of fused-ring (bicyclic) bond motifs is 6. The molecule has 1 saturated carbocycles. The van der Waals surface area contributed by atoms with Crippen molar-refractivity contribution in [2.45, 2.75) is 79.6 Å². The summed E-state index contributed by atoms with van der Waals surface area (Å²) in [5.74, 6) is 11.3. The van der Waals surface area contributed by atoms with Gasteiger partial charge in [-0.1, -0.05) is 69.7 Å². The molecule has 29 heteroatoms. The highest BCUT2D eigenvalue weighted by Crippen LogP contribution is 2.41. The van der Waals surface area contributed by atoms with Crippen LogP contribution < -0.4 is 29.0 Å². The Hall–Kier alpha value is -14.6. The standard InChI is InChI=1S/C25H28N6O2.C23H18N6O.C21H19N5O2.C21H21N5O2/c1-16(2)13-22-26-25(30-28-22)18-8-9-21-20(15-18)24(29-27-21)17-5-3-6-19(14-17)33-12-11-31-10-4-7-23(31)32;1-14-5-8-18(9-6-14)26-23(30)17-4-2-3-15(11-17)21-19-12-16(22-24-13-25-29-22)7-10-20(19)27-28-21;1-2-12(1)9-19-22-21(26-24-19)14-3-5-16-15(10-14)20(25-23-16)13-4-6-17-18(11-13)28-8-7-27-17;1-12(2)9-19-22-21(26-24-19)14-3-5-16-15(10-14)20(25-23-16)13-4-6-17-18(11-13)28-8-7-27-17/h3,5-6,8-9,14-16H,4,7,10-13H2,1-2H3,(H,27,29)(H,26,28,30);2-13H,1H3,(H,26,30)(H,27,28)(H,24,25,29);3-6,10-12H,1-2,7-9H2,(H,23,25)(H,22,24,26);3-6,10-12H,7-9H2,1-2H3,(H,23,25)(H,22,24,26). The van der Waals surface area contributed by atoms with Gasteiger partial charge in [-0.25, -0.2) is 19.9 Å². The van der Waals surface area contributed by atoms with Gasteiger partial charge in [-0.15, -0.1) is 0 Å². The summed E-state index contributed by atoms with van der Waals surface area (Å²) in [5.41, 5.74) is 17.2. The number of benzene rings is 9. The second-order valence-electron chi connectivity index (χ2n) is 30.8. The Bertz CT molecular complexity index is 6310. The molecule has 2 amide bonds. The molecular formula is C90H86N22O7. The van der Waals surface area contributed by atoms with Crippen molar-refractivity contribution in [2.24, 2.45) is 17.8 Å². The fourth-order valence-electron chi connectivity index (χ4n) is 14.7. The normalized spacial score (nSPS) is 13.5. The van der Waals surface area contributed by atoms with Crippen molar-refractivity contribution in [2.75, 3.05) is 51.4 Å². The summed E-state index contributed by atoms with van der Waals surface area (Å²) in [6.45, 7) is 14.9. The number of aryl methyl sites for hydroxylation is 1. The second-order valence-corrected chi connectivity index (χ2v) is 30.8. The van der Waals surface area contributed by atoms with E-state index in [2.05, 4.69) is 153 Å². The van der Waals surface area contributed by atoms with Gasteiger partial charge >= 0.3 is 0 Å². The first kappa shape index (κ1) is 75.7. The minimum atomic E-state index is -0.164. The fourth-order valence-corrected chi connectivity index (χ4v) is 14.7. The first-order chi connectivity index (χ1) is 58.2. The molecule has 2 fully saturated rings. The second kappa shape index (κ2) is 33.7. The quantitative estimate of drug-likeness (QED) is 0.0342. The number of aromatic nitrogens is 20. The summed E-state index contributed by atoms with van der Waals surface area (Å²) in [5, 5.41) is 66.6. The molecule has 598 valence electrons. The first-order valence-corrected chi connectivity index (χ1v) is 40.1. The number of hydrogen-bond donors (Lipinski definition) is 9. The number of aromatic amines is 8. The predicted octanol–water partition coefficient (Wildman–Crippen LogP) is 16.5. The fraction of sp³-hybridized carbons (Fsp3) is 0.244. The summed E-state index contributed by atoms with van der Waals surface area (Å²) in [4.78, 5) is 44.6. The SMILES string of the molecule is CC(C)Cc1nc(-c2ccc3[nH]nc(-c4ccc5c(c4)OCCO5)c3c2)n[nH]1.CC(C)Cc1nc(-c2ccc3[nH]nc(-c4cccc(OCCN5CCCC5=O)c4)c3c2)n[nH]1.Cc1ccc(NC(=O)c2cccc(-c3n[nH]c4ccc(-c5ncn[nH]5)cc34)c2)cc1.c1cc2[nH]nc(-c3ccc4c(c3)OCCO4)c2cc1-c1n[nH]c(CC2CC2)n1. The number of rotatable bonds is 20. The van der Waals surface area contributed by atoms with Crippen LogP contribution in [0.4, 0.5) is 5.69 Å². The number of H-pyrrole nitrogens is 8. The Labute approximate surface area is 682 Å². The minimum Gasteiger partial charge on any atom is -0.492 e. The lowest BCUT2D eigenvalue weighted by molar-refractivity contribution is -0.128. The van der Waals surface area contributed by atoms with Gasteiger partial charge in [0.05, 0.1) is 34.3 Å². The lowest BCUT2D eigenvalue weighted by Gasteiger charge is -2.18. The van der Waals surface area contributed by atoms with E-state index in [1.165, 1.54) is 19.2 Å². The molecule has 11 heterocycles. The molecule has 0 radical (unpaired) electrons. The van der Waals surface area contributed by atoms with Gasteiger partial charge in [0.2, 0.25) is 5.91 Å². The summed E-state index contributed by atoms with van der Waals surface area (Å²) >= 11 is 0. The summed E-state index contributed by atoms with van der Waals surface area (Å²) in [6.07, 6.45) is 8.40. The van der Waals surface area contributed by atoms with Crippen molar-refractivity contribution >= 4 is 61.1 Å². The van der Waals surface area contributed by atoms with Crippen molar-refractivity contribution in [1.29, 1.82) is 0 Å². The molecule has 17 aromatic rings. The Morgan fingerprint density at radius 2 is 0.941 bits per heavy atom. The summed E-state index contributed by atoms with van der Waals surface area (Å²) < 4.78 is 28.6. The molecule has 1 saturated heterocycles. The van der Waals surface area contributed by atoms with Crippen molar-refractivity contribution in [3.63, 3.8) is 0 Å². The molecule has 0 bridgehead atoms. The van der Waals surface area contributed by atoms with Gasteiger partial charge in [-0.05, 0) is 190 Å². The summed E-state index contributed by atoms with van der Waals surface area (Å²) in [7, 11) is 0. The molecule has 9 N–H and O–H groups in total. The van der Waals surface area contributed by atoms with Crippen LogP contribution in [0.15, 0.2) is 188 Å². The number of likely N-dealkylation sites (tertiary alicyclic amines) is 1. The third-order valence-electron chi connectivity index (χ3n) is 20.9. The van der Waals surface area contributed by atoms with E-state index in [0.717, 1.165) is 212 Å². The Kier molecular flexibility index (Phi) is 21.4. The molecule has 4 aliphatic rings. The molecule has 3 aliphatic heterocycles. The molecule has 9 aromatic carbocycles. The molecule has 29 nitrogen and oxygen atoms in total. The van der Waals surface area contributed by atoms with Gasteiger partial charge in [0.25, 0.3) is 5.91 Å². The number of ether oxygens (including phenoxy) is 5. The van der Waals surface area contributed by atoms with Crippen LogP contribution in [0.5, 0.6) is 28.7 Å². The van der Waals surface area contributed by atoms with Crippen LogP contribution in [0.25, 0.3) is 134 Å². The van der Waals surface area contributed by atoms with Crippen LogP contribution in [0.1, 0.15) is 86.8 Å². The third-order valence-corrected chi connectivity index (χ3v) is 20.9. The average molecular weight is 1590 g/mol. The molecule has 119 heavy (non-hydrogen) atoms. The van der Waals surface area contributed by atoms with E-state index in [9.17, 15) is 9.59 Å². The maximum atomic E-state index is 12.7. The van der Waals surface area contributed by atoms with Crippen LogP contribution in [0.3, 0.4) is 0 Å². The van der Waals surface area contributed by atoms with Crippen molar-refractivity contribution in [1.82, 2.24) is 106 Å². The molecule has 0 spiro atoms. The van der Waals surface area contributed by atoms with E-state index in [4.69, 9.17) is 23.7 Å². The highest BCUT2D eigenvalue weighted by molar-refractivity contribution is 6.06. The lowest BCUT2D eigenvalue weighted by Crippen LogP contribution is -2.29. The number of hydrogen-bond acceptors (Lipinski definition) is 19. The molecule has 8 aromatic heterocycles. The number of amides is 2. The zero-order chi connectivity index (χ0) is 80.9. The zero-order valence-corrected chi connectivity index (χ0v) is 66.2. The van der Waals surface area contributed by atoms with E-state index < -0.39 is 0 Å². The van der Waals surface area contributed by atoms with E-state index in [0.29, 0.717) is 80.9 Å². The Morgan fingerprint density at radius 3 is 1.43 bits per heavy atom. The number of nitrogens with one attached hydrogen (secondary N) is 9. The molecule has 0 unspecified atom stereocenters. The van der Waals surface area contributed by atoms with Gasteiger partial charge in [-0.2, -0.15) is 40.8 Å². The van der Waals surface area contributed by atoms with Crippen LogP contribution in [0, 0.1) is 24.7 Å². The third kappa shape index (κ3) is 17.2. The van der Waals surface area contributed by atoms with Crippen molar-refractivity contribution in [3.8, 4) is 119 Å². The van der Waals surface area contributed by atoms with Crippen LogP contribution in [0.2, 0.25) is 0 Å². The van der Waals surface area contributed by atoms with E-state index in [-0.39, 0.29) is 11.8 Å². The van der Waals surface area contributed by atoms with Crippen molar-refractivity contribution in [3.05, 3.63) is 217 Å². The molecule has 21 rings (SSSR count). The largest absolute Gasteiger partial charge is 0.492 e. The van der Waals surface area contributed by atoms with Gasteiger partial charge in [0.1, 0.15) is 79.7 Å². The Morgan fingerprint density at radius 1 is 0.479 bits per heavy atom. The molecular weight excluding hydrogens is 1500 g/mol. The highest BCUT2D eigenvalue weighted by Gasteiger charge is 2.26. The first-order valence-electron chi connectivity index (χ1n) is 40.1. The number of nitrogens with zero attached hydrogens (tertiary/aromatic N) is 13. The van der Waals surface area contributed by atoms with Crippen LogP contribution in [-0.4, -0.2) is 164 Å². The number of carbonyl (C=O) groups excluding carboxylic acids is 2. The van der Waals surface area contributed by atoms with E-state index in [1.54, 1.807) is 6.07 Å². The van der Waals surface area contributed by atoms with Gasteiger partial charge in [0.15, 0.2) is 46.3 Å². The minimum absolute atomic E-state index is 0.164. The van der Waals surface area contributed by atoms with E-state index >= 15 is 0 Å².